The van der Waals surface area contributed by atoms with Gasteiger partial charge in [-0.3, -0.25) is 4.98 Å². The summed E-state index contributed by atoms with van der Waals surface area (Å²) >= 11 is 1.64. The molecule has 0 amide bonds. The third-order valence-corrected chi connectivity index (χ3v) is 3.66. The van der Waals surface area contributed by atoms with Gasteiger partial charge in [-0.05, 0) is 31.5 Å². The van der Waals surface area contributed by atoms with E-state index in [9.17, 15) is 5.11 Å². The Morgan fingerprint density at radius 2 is 2.20 bits per heavy atom. The van der Waals surface area contributed by atoms with Crippen LogP contribution in [0, 0.1) is 13.8 Å². The molecule has 1 unspecified atom stereocenters. The molecule has 2 rings (SSSR count). The van der Waals surface area contributed by atoms with Gasteiger partial charge in [-0.1, -0.05) is 6.07 Å². The van der Waals surface area contributed by atoms with Crippen molar-refractivity contribution in [3.05, 3.63) is 51.5 Å². The highest BCUT2D eigenvalue weighted by Gasteiger charge is 2.13. The van der Waals surface area contributed by atoms with Gasteiger partial charge in [0.25, 0.3) is 0 Å². The number of pyridine rings is 1. The summed E-state index contributed by atoms with van der Waals surface area (Å²) in [5, 5.41) is 10.1. The van der Waals surface area contributed by atoms with Crippen LogP contribution in [0.3, 0.4) is 0 Å². The molecular weight excluding hydrogens is 206 g/mol. The molecule has 78 valence electrons. The Morgan fingerprint density at radius 1 is 1.40 bits per heavy atom. The van der Waals surface area contributed by atoms with Gasteiger partial charge in [-0.15, -0.1) is 11.3 Å². The molecule has 0 saturated carbocycles. The van der Waals surface area contributed by atoms with E-state index in [-0.39, 0.29) is 0 Å². The van der Waals surface area contributed by atoms with Crippen molar-refractivity contribution in [1.29, 1.82) is 0 Å². The fraction of sp³-hybridized carbons (Fsp3) is 0.250. The summed E-state index contributed by atoms with van der Waals surface area (Å²) in [6.07, 6.45) is 2.87. The second kappa shape index (κ2) is 4.13. The fourth-order valence-corrected chi connectivity index (χ4v) is 2.50. The van der Waals surface area contributed by atoms with Crippen molar-refractivity contribution >= 4 is 11.3 Å². The van der Waals surface area contributed by atoms with E-state index in [0.717, 1.165) is 10.4 Å². The van der Waals surface area contributed by atoms with Gasteiger partial charge >= 0.3 is 0 Å². The Kier molecular flexibility index (Phi) is 2.84. The first-order chi connectivity index (χ1) is 7.18. The van der Waals surface area contributed by atoms with Crippen LogP contribution in [0.1, 0.15) is 27.0 Å². The molecule has 3 heteroatoms. The molecule has 2 aromatic rings. The summed E-state index contributed by atoms with van der Waals surface area (Å²) in [6, 6.07) is 5.77. The lowest BCUT2D eigenvalue weighted by Gasteiger charge is -2.07. The zero-order valence-corrected chi connectivity index (χ0v) is 9.58. The topological polar surface area (TPSA) is 33.1 Å². The average Bonchev–Trinajstić information content (AvgIpc) is 2.59. The Balaban J connectivity index is 2.32. The van der Waals surface area contributed by atoms with E-state index in [1.54, 1.807) is 23.7 Å². The first-order valence-electron chi connectivity index (χ1n) is 4.83. The molecule has 0 aliphatic heterocycles. The van der Waals surface area contributed by atoms with Gasteiger partial charge < -0.3 is 5.11 Å². The number of thiophene rings is 1. The Morgan fingerprint density at radius 3 is 2.73 bits per heavy atom. The minimum absolute atomic E-state index is 0.545. The predicted molar refractivity (Wildman–Crippen MR) is 62.1 cm³/mol. The molecule has 0 saturated heterocycles. The van der Waals surface area contributed by atoms with Crippen molar-refractivity contribution in [3.63, 3.8) is 0 Å². The van der Waals surface area contributed by atoms with E-state index in [1.807, 2.05) is 18.2 Å². The number of aliphatic hydroxyl groups excluding tert-OH is 1. The quantitative estimate of drug-likeness (QED) is 0.842. The van der Waals surface area contributed by atoms with Crippen LogP contribution < -0.4 is 0 Å². The van der Waals surface area contributed by atoms with Gasteiger partial charge in [-0.25, -0.2) is 0 Å². The van der Waals surface area contributed by atoms with E-state index < -0.39 is 6.10 Å². The molecule has 0 aromatic carbocycles. The predicted octanol–water partition coefficient (Wildman–Crippen LogP) is 2.84. The molecule has 0 fully saturated rings. The lowest BCUT2D eigenvalue weighted by atomic mass is 10.1. The van der Waals surface area contributed by atoms with Crippen molar-refractivity contribution in [2.45, 2.75) is 20.0 Å². The van der Waals surface area contributed by atoms with Crippen molar-refractivity contribution in [1.82, 2.24) is 4.98 Å². The Bertz CT molecular complexity index is 430. The van der Waals surface area contributed by atoms with Crippen LogP contribution in [0.25, 0.3) is 0 Å². The lowest BCUT2D eigenvalue weighted by Crippen LogP contribution is -1.96. The number of aromatic nitrogens is 1. The second-order valence-electron chi connectivity index (χ2n) is 3.58. The number of aryl methyl sites for hydroxylation is 2. The maximum absolute atomic E-state index is 10.1. The molecule has 2 nitrogen and oxygen atoms in total. The van der Waals surface area contributed by atoms with Crippen LogP contribution in [-0.2, 0) is 0 Å². The van der Waals surface area contributed by atoms with Crippen molar-refractivity contribution < 1.29 is 5.11 Å². The smallest absolute Gasteiger partial charge is 0.115 e. The molecule has 1 atom stereocenters. The number of rotatable bonds is 2. The highest BCUT2D eigenvalue weighted by molar-refractivity contribution is 7.12. The molecule has 0 spiro atoms. The summed E-state index contributed by atoms with van der Waals surface area (Å²) in [6.45, 7) is 4.13. The Hall–Kier alpha value is -1.19. The Labute approximate surface area is 93.2 Å². The molecule has 0 aliphatic rings. The van der Waals surface area contributed by atoms with Crippen molar-refractivity contribution in [3.8, 4) is 0 Å². The summed E-state index contributed by atoms with van der Waals surface area (Å²) in [4.78, 5) is 6.25. The minimum Gasteiger partial charge on any atom is -0.383 e. The van der Waals surface area contributed by atoms with E-state index in [4.69, 9.17) is 0 Å². The normalized spacial score (nSPS) is 12.7. The number of hydrogen-bond acceptors (Lipinski definition) is 3. The summed E-state index contributed by atoms with van der Waals surface area (Å²) in [5.74, 6) is 0. The zero-order valence-electron chi connectivity index (χ0n) is 8.77. The van der Waals surface area contributed by atoms with Crippen LogP contribution in [0.15, 0.2) is 30.6 Å². The highest BCUT2D eigenvalue weighted by Crippen LogP contribution is 2.30. The maximum Gasteiger partial charge on any atom is 0.115 e. The van der Waals surface area contributed by atoms with Crippen molar-refractivity contribution in [2.75, 3.05) is 0 Å². The van der Waals surface area contributed by atoms with Crippen LogP contribution in [0.2, 0.25) is 0 Å². The SMILES string of the molecule is Cc1cc(C(O)c2cccnc2)sc1C. The van der Waals surface area contributed by atoms with Crippen LogP contribution in [0.4, 0.5) is 0 Å². The highest BCUT2D eigenvalue weighted by atomic mass is 32.1. The molecule has 2 heterocycles. The van der Waals surface area contributed by atoms with Gasteiger partial charge in [0.1, 0.15) is 6.10 Å². The molecule has 0 radical (unpaired) electrons. The summed E-state index contributed by atoms with van der Waals surface area (Å²) < 4.78 is 0. The summed E-state index contributed by atoms with van der Waals surface area (Å²) in [5.41, 5.74) is 2.08. The third-order valence-electron chi connectivity index (χ3n) is 2.45. The lowest BCUT2D eigenvalue weighted by molar-refractivity contribution is 0.223. The monoisotopic (exact) mass is 219 g/mol. The van der Waals surface area contributed by atoms with E-state index in [0.29, 0.717) is 0 Å². The molecular formula is C12H13NOS. The minimum atomic E-state index is -0.545. The third kappa shape index (κ3) is 2.08. The average molecular weight is 219 g/mol. The molecule has 15 heavy (non-hydrogen) atoms. The van der Waals surface area contributed by atoms with Gasteiger partial charge in [-0.2, -0.15) is 0 Å². The first kappa shape index (κ1) is 10.3. The van der Waals surface area contributed by atoms with Crippen LogP contribution in [0.5, 0.6) is 0 Å². The standard InChI is InChI=1S/C12H13NOS/c1-8-6-11(15-9(8)2)12(14)10-4-3-5-13-7-10/h3-7,12,14H,1-2H3. The maximum atomic E-state index is 10.1. The summed E-state index contributed by atoms with van der Waals surface area (Å²) in [7, 11) is 0. The number of aliphatic hydroxyl groups is 1. The van der Waals surface area contributed by atoms with E-state index in [1.165, 1.54) is 10.4 Å². The van der Waals surface area contributed by atoms with Crippen molar-refractivity contribution in [2.24, 2.45) is 0 Å². The van der Waals surface area contributed by atoms with Crippen LogP contribution in [-0.4, -0.2) is 10.1 Å². The number of nitrogens with zero attached hydrogens (tertiary/aromatic N) is 1. The van der Waals surface area contributed by atoms with E-state index in [2.05, 4.69) is 18.8 Å². The van der Waals surface area contributed by atoms with E-state index >= 15 is 0 Å². The fourth-order valence-electron chi connectivity index (χ4n) is 1.44. The van der Waals surface area contributed by atoms with Gasteiger partial charge in [0.2, 0.25) is 0 Å². The molecule has 2 aromatic heterocycles. The largest absolute Gasteiger partial charge is 0.383 e. The molecule has 0 aliphatic carbocycles. The van der Waals surface area contributed by atoms with Gasteiger partial charge in [0.15, 0.2) is 0 Å². The number of hydrogen-bond donors (Lipinski definition) is 1. The van der Waals surface area contributed by atoms with Crippen LogP contribution >= 0.6 is 11.3 Å². The van der Waals surface area contributed by atoms with Gasteiger partial charge in [0.05, 0.1) is 0 Å². The first-order valence-corrected chi connectivity index (χ1v) is 5.65. The molecule has 0 bridgehead atoms. The zero-order chi connectivity index (χ0) is 10.8. The second-order valence-corrected chi connectivity index (χ2v) is 4.86. The molecule has 1 N–H and O–H groups in total. The van der Waals surface area contributed by atoms with Gasteiger partial charge in [0, 0.05) is 27.7 Å².